The maximum atomic E-state index is 11.5. The Morgan fingerprint density at radius 3 is 1.93 bits per heavy atom. The summed E-state index contributed by atoms with van der Waals surface area (Å²) in [5, 5.41) is 0. The molecule has 7 nitrogen and oxygen atoms in total. The van der Waals surface area contributed by atoms with Gasteiger partial charge >= 0.3 is 5.97 Å². The Balaban J connectivity index is 1.79. The van der Waals surface area contributed by atoms with Gasteiger partial charge in [0.15, 0.2) is 0 Å². The highest BCUT2D eigenvalue weighted by atomic mass is 16.6. The van der Waals surface area contributed by atoms with Gasteiger partial charge in [0.1, 0.15) is 25.2 Å². The lowest BCUT2D eigenvalue weighted by molar-refractivity contribution is -0.145. The number of rotatable bonds is 20. The molecule has 0 radical (unpaired) electrons. The minimum atomic E-state index is -0.148. The van der Waals surface area contributed by atoms with Crippen molar-refractivity contribution in [3.8, 4) is 5.75 Å². The molecule has 0 fully saturated rings. The van der Waals surface area contributed by atoms with Crippen molar-refractivity contribution in [3.05, 3.63) is 29.8 Å². The molecule has 170 valence electrons. The third kappa shape index (κ3) is 15.0. The molecule has 1 rings (SSSR count). The Bertz CT molecular complexity index is 545. The Hall–Kier alpha value is -1.96. The van der Waals surface area contributed by atoms with Crippen molar-refractivity contribution in [1.29, 1.82) is 0 Å². The summed E-state index contributed by atoms with van der Waals surface area (Å²) in [6, 6.07) is 6.92. The van der Waals surface area contributed by atoms with Crippen LogP contribution in [0.1, 0.15) is 55.8 Å². The third-order valence-corrected chi connectivity index (χ3v) is 4.23. The van der Waals surface area contributed by atoms with E-state index in [1.165, 1.54) is 19.3 Å². The molecule has 0 saturated carbocycles. The van der Waals surface area contributed by atoms with Crippen LogP contribution in [0.25, 0.3) is 0 Å². The van der Waals surface area contributed by atoms with E-state index < -0.39 is 0 Å². The average molecular weight is 425 g/mol. The van der Waals surface area contributed by atoms with Crippen LogP contribution in [0.3, 0.4) is 0 Å². The Labute approximate surface area is 180 Å². The number of esters is 1. The van der Waals surface area contributed by atoms with Crippen LogP contribution in [-0.4, -0.2) is 65.1 Å². The highest BCUT2D eigenvalue weighted by Crippen LogP contribution is 2.10. The fraction of sp³-hybridized carbons (Fsp3) is 0.652. The molecule has 0 saturated heterocycles. The van der Waals surface area contributed by atoms with Gasteiger partial charge in [-0.05, 0) is 30.7 Å². The van der Waals surface area contributed by atoms with Crippen LogP contribution < -0.4 is 4.74 Å². The second-order valence-corrected chi connectivity index (χ2v) is 6.76. The van der Waals surface area contributed by atoms with Crippen molar-refractivity contribution in [2.75, 3.05) is 52.9 Å². The summed E-state index contributed by atoms with van der Waals surface area (Å²) in [5.74, 6) is 0.556. The SMILES string of the molecule is CCCCCCCC(=O)OCCOCCOCCOCCOc1ccc(C=O)cc1. The molecule has 0 N–H and O–H groups in total. The molecule has 0 spiro atoms. The first-order valence-electron chi connectivity index (χ1n) is 10.8. The number of carbonyl (C=O) groups excluding carboxylic acids is 2. The van der Waals surface area contributed by atoms with Gasteiger partial charge in [-0.3, -0.25) is 9.59 Å². The normalized spacial score (nSPS) is 10.7. The van der Waals surface area contributed by atoms with Crippen molar-refractivity contribution in [3.63, 3.8) is 0 Å². The lowest BCUT2D eigenvalue weighted by Gasteiger charge is -2.08. The molecular formula is C23H36O7. The summed E-state index contributed by atoms with van der Waals surface area (Å²) in [6.45, 7) is 5.60. The van der Waals surface area contributed by atoms with Crippen LogP contribution in [0.4, 0.5) is 0 Å². The number of hydrogen-bond donors (Lipinski definition) is 0. The van der Waals surface area contributed by atoms with Crippen LogP contribution in [-0.2, 0) is 23.7 Å². The van der Waals surface area contributed by atoms with Gasteiger partial charge in [0, 0.05) is 12.0 Å². The number of benzene rings is 1. The van der Waals surface area contributed by atoms with E-state index >= 15 is 0 Å². The third-order valence-electron chi connectivity index (χ3n) is 4.23. The summed E-state index contributed by atoms with van der Waals surface area (Å²) in [7, 11) is 0. The minimum Gasteiger partial charge on any atom is -0.491 e. The van der Waals surface area contributed by atoms with Gasteiger partial charge in [-0.1, -0.05) is 32.6 Å². The molecule has 0 aromatic heterocycles. The second kappa shape index (κ2) is 19.0. The quantitative estimate of drug-likeness (QED) is 0.179. The fourth-order valence-corrected chi connectivity index (χ4v) is 2.56. The van der Waals surface area contributed by atoms with Gasteiger partial charge < -0.3 is 23.7 Å². The van der Waals surface area contributed by atoms with Crippen LogP contribution in [0.15, 0.2) is 24.3 Å². The van der Waals surface area contributed by atoms with Gasteiger partial charge in [-0.15, -0.1) is 0 Å². The molecule has 1 aromatic rings. The first-order valence-corrected chi connectivity index (χ1v) is 10.8. The van der Waals surface area contributed by atoms with Gasteiger partial charge in [-0.2, -0.15) is 0 Å². The number of hydrogen-bond acceptors (Lipinski definition) is 7. The molecule has 0 amide bonds. The summed E-state index contributed by atoms with van der Waals surface area (Å²) in [6.07, 6.45) is 6.89. The topological polar surface area (TPSA) is 80.3 Å². The zero-order valence-corrected chi connectivity index (χ0v) is 18.1. The van der Waals surface area contributed by atoms with E-state index in [-0.39, 0.29) is 12.6 Å². The van der Waals surface area contributed by atoms with Crippen molar-refractivity contribution < 1.29 is 33.3 Å². The van der Waals surface area contributed by atoms with Gasteiger partial charge in [0.2, 0.25) is 0 Å². The lowest BCUT2D eigenvalue weighted by atomic mass is 10.1. The summed E-state index contributed by atoms with van der Waals surface area (Å²) < 4.78 is 26.8. The summed E-state index contributed by atoms with van der Waals surface area (Å²) >= 11 is 0. The van der Waals surface area contributed by atoms with E-state index in [0.29, 0.717) is 64.0 Å². The summed E-state index contributed by atoms with van der Waals surface area (Å²) in [4.78, 5) is 22.1. The number of carbonyl (C=O) groups is 2. The van der Waals surface area contributed by atoms with Crippen molar-refractivity contribution in [1.82, 2.24) is 0 Å². The predicted octanol–water partition coefficient (Wildman–Crippen LogP) is 3.83. The number of ether oxygens (including phenoxy) is 5. The molecule has 30 heavy (non-hydrogen) atoms. The largest absolute Gasteiger partial charge is 0.491 e. The van der Waals surface area contributed by atoms with Crippen LogP contribution in [0.5, 0.6) is 5.75 Å². The van der Waals surface area contributed by atoms with Crippen molar-refractivity contribution >= 4 is 12.3 Å². The lowest BCUT2D eigenvalue weighted by Crippen LogP contribution is -2.14. The molecule has 0 bridgehead atoms. The summed E-state index contributed by atoms with van der Waals surface area (Å²) in [5.41, 5.74) is 0.619. The molecule has 1 aromatic carbocycles. The van der Waals surface area contributed by atoms with E-state index in [1.54, 1.807) is 24.3 Å². The molecule has 0 heterocycles. The first-order chi connectivity index (χ1) is 14.8. The monoisotopic (exact) mass is 424 g/mol. The van der Waals surface area contributed by atoms with Crippen LogP contribution in [0, 0.1) is 0 Å². The molecule has 7 heteroatoms. The van der Waals surface area contributed by atoms with E-state index in [0.717, 1.165) is 19.1 Å². The van der Waals surface area contributed by atoms with E-state index in [4.69, 9.17) is 23.7 Å². The molecule has 0 aliphatic carbocycles. The Morgan fingerprint density at radius 1 is 0.767 bits per heavy atom. The fourth-order valence-electron chi connectivity index (χ4n) is 2.56. The number of unbranched alkanes of at least 4 members (excludes halogenated alkanes) is 4. The molecule has 0 aliphatic heterocycles. The second-order valence-electron chi connectivity index (χ2n) is 6.76. The van der Waals surface area contributed by atoms with Crippen molar-refractivity contribution in [2.45, 2.75) is 45.4 Å². The maximum Gasteiger partial charge on any atom is 0.305 e. The van der Waals surface area contributed by atoms with Gasteiger partial charge in [0.25, 0.3) is 0 Å². The number of aldehydes is 1. The predicted molar refractivity (Wildman–Crippen MR) is 114 cm³/mol. The van der Waals surface area contributed by atoms with E-state index in [9.17, 15) is 9.59 Å². The maximum absolute atomic E-state index is 11.5. The molecular weight excluding hydrogens is 388 g/mol. The first kappa shape index (κ1) is 26.1. The van der Waals surface area contributed by atoms with Crippen molar-refractivity contribution in [2.24, 2.45) is 0 Å². The zero-order valence-electron chi connectivity index (χ0n) is 18.1. The highest BCUT2D eigenvalue weighted by molar-refractivity contribution is 5.74. The van der Waals surface area contributed by atoms with Crippen LogP contribution >= 0.6 is 0 Å². The highest BCUT2D eigenvalue weighted by Gasteiger charge is 2.02. The Kier molecular flexibility index (Phi) is 16.5. The van der Waals surface area contributed by atoms with E-state index in [2.05, 4.69) is 6.92 Å². The minimum absolute atomic E-state index is 0.148. The Morgan fingerprint density at radius 2 is 1.33 bits per heavy atom. The van der Waals surface area contributed by atoms with Gasteiger partial charge in [0.05, 0.1) is 39.6 Å². The van der Waals surface area contributed by atoms with Gasteiger partial charge in [-0.25, -0.2) is 0 Å². The average Bonchev–Trinajstić information content (AvgIpc) is 2.77. The molecule has 0 aliphatic rings. The standard InChI is InChI=1S/C23H36O7/c1-2-3-4-5-6-7-23(25)30-19-17-28-15-13-26-12-14-27-16-18-29-22-10-8-21(20-24)9-11-22/h8-11,20H,2-7,12-19H2,1H3. The van der Waals surface area contributed by atoms with E-state index in [1.807, 2.05) is 0 Å². The zero-order chi connectivity index (χ0) is 21.7. The van der Waals surface area contributed by atoms with Crippen LogP contribution in [0.2, 0.25) is 0 Å². The smallest absolute Gasteiger partial charge is 0.305 e. The molecule has 0 unspecified atom stereocenters. The molecule has 0 atom stereocenters.